The van der Waals surface area contributed by atoms with E-state index in [4.69, 9.17) is 30.9 Å². The molecule has 0 radical (unpaired) electrons. The number of halogens is 1. The standard InChI is InChI=1S/C50H69ClN6O12/c1-27(2)22-36-48(65)68-37(12-10-13-39(58)55-35(24-32-18-21-38(67-9)34(51)23-32)46(63)53-26-50(7,8)49(66)56-36)29(5)43-44(69-43)33-19-16-31(17-20-33)25-52-45(62)30(6)54-47(64)42(28(3)4)57-40(59)14-11-15-41(60)61/h10,13,16-21,23,27-30,35-37,42-44H,11-12,14-15,22,24-26H2,1-9H3,(H,52,62)(H,53,63)(H,54,64)(H,55,58)(H,56,66)(H,57,59)(H,60,61)/b13-10+/t29?,30?,35-,36+,37+,42?,43-,44-/m1/s1. The van der Waals surface area contributed by atoms with E-state index in [9.17, 15) is 38.4 Å². The van der Waals surface area contributed by atoms with Crippen molar-refractivity contribution in [2.24, 2.45) is 23.2 Å². The molecule has 2 heterocycles. The molecule has 69 heavy (non-hydrogen) atoms. The molecule has 2 aromatic carbocycles. The number of amides is 6. The highest BCUT2D eigenvalue weighted by atomic mass is 35.5. The Bertz CT molecular complexity index is 2200. The summed E-state index contributed by atoms with van der Waals surface area (Å²) in [5, 5.41) is 25.7. The summed E-state index contributed by atoms with van der Waals surface area (Å²) in [5.41, 5.74) is 1.12. The van der Waals surface area contributed by atoms with Crippen molar-refractivity contribution in [1.82, 2.24) is 31.9 Å². The van der Waals surface area contributed by atoms with Crippen LogP contribution in [-0.2, 0) is 60.8 Å². The number of epoxide rings is 1. The number of esters is 1. The average Bonchev–Trinajstić information content (AvgIpc) is 4.09. The fourth-order valence-corrected chi connectivity index (χ4v) is 7.96. The molecule has 1 fully saturated rings. The third-order valence-corrected chi connectivity index (χ3v) is 12.3. The van der Waals surface area contributed by atoms with Crippen LogP contribution in [0.1, 0.15) is 110 Å². The number of aliphatic carboxylic acids is 1. The number of carboxylic acid groups (broad SMARTS) is 1. The predicted molar refractivity (Wildman–Crippen MR) is 256 cm³/mol. The van der Waals surface area contributed by atoms with E-state index in [-0.39, 0.29) is 75.2 Å². The van der Waals surface area contributed by atoms with Crippen LogP contribution in [0.5, 0.6) is 5.75 Å². The highest BCUT2D eigenvalue weighted by Crippen LogP contribution is 2.45. The molecule has 0 bridgehead atoms. The molecule has 1 saturated heterocycles. The van der Waals surface area contributed by atoms with Crippen LogP contribution in [0, 0.1) is 23.2 Å². The van der Waals surface area contributed by atoms with Gasteiger partial charge in [-0.25, -0.2) is 4.79 Å². The summed E-state index contributed by atoms with van der Waals surface area (Å²) in [7, 11) is 1.49. The molecule has 2 aliphatic heterocycles. The average molecular weight is 982 g/mol. The second kappa shape index (κ2) is 25.6. The van der Waals surface area contributed by atoms with E-state index >= 15 is 0 Å². The van der Waals surface area contributed by atoms with Crippen molar-refractivity contribution in [1.29, 1.82) is 0 Å². The molecule has 0 aliphatic carbocycles. The number of cyclic esters (lactones) is 1. The lowest BCUT2D eigenvalue weighted by molar-refractivity contribution is -0.157. The Balaban J connectivity index is 1.43. The molecule has 0 spiro atoms. The number of rotatable bonds is 19. The largest absolute Gasteiger partial charge is 0.495 e. The van der Waals surface area contributed by atoms with Gasteiger partial charge < -0.3 is 51.2 Å². The summed E-state index contributed by atoms with van der Waals surface area (Å²) in [5.74, 6) is -4.84. The quantitative estimate of drug-likeness (QED) is 0.0772. The Morgan fingerprint density at radius 2 is 1.58 bits per heavy atom. The summed E-state index contributed by atoms with van der Waals surface area (Å²) in [6, 6.07) is 8.61. The van der Waals surface area contributed by atoms with Crippen LogP contribution in [0.15, 0.2) is 54.6 Å². The topological polar surface area (TPSA) is 260 Å². The van der Waals surface area contributed by atoms with Crippen LogP contribution in [0.2, 0.25) is 5.02 Å². The number of ether oxygens (including phenoxy) is 3. The van der Waals surface area contributed by atoms with Crippen molar-refractivity contribution in [2.45, 2.75) is 143 Å². The first-order valence-corrected chi connectivity index (χ1v) is 23.8. The van der Waals surface area contributed by atoms with Crippen LogP contribution in [0.25, 0.3) is 0 Å². The third kappa shape index (κ3) is 17.2. The fraction of sp³-hybridized carbons (Fsp3) is 0.560. The van der Waals surface area contributed by atoms with Crippen molar-refractivity contribution >= 4 is 59.0 Å². The van der Waals surface area contributed by atoms with Gasteiger partial charge in [0.25, 0.3) is 0 Å². The van der Waals surface area contributed by atoms with Gasteiger partial charge in [-0.15, -0.1) is 0 Å². The van der Waals surface area contributed by atoms with E-state index < -0.39 is 83.1 Å². The van der Waals surface area contributed by atoms with Crippen molar-refractivity contribution in [3.63, 3.8) is 0 Å². The van der Waals surface area contributed by atoms with Gasteiger partial charge in [0, 0.05) is 44.7 Å². The van der Waals surface area contributed by atoms with Crippen LogP contribution < -0.4 is 36.6 Å². The van der Waals surface area contributed by atoms with Gasteiger partial charge in [-0.05, 0) is 80.3 Å². The predicted octanol–water partition coefficient (Wildman–Crippen LogP) is 4.21. The molecule has 8 atom stereocenters. The van der Waals surface area contributed by atoms with Gasteiger partial charge in [0.2, 0.25) is 35.4 Å². The summed E-state index contributed by atoms with van der Waals surface area (Å²) in [6.07, 6.45) is 1.78. The summed E-state index contributed by atoms with van der Waals surface area (Å²) in [4.78, 5) is 104. The maximum absolute atomic E-state index is 13.9. The van der Waals surface area contributed by atoms with Crippen molar-refractivity contribution in [3.8, 4) is 5.75 Å². The first kappa shape index (κ1) is 55.6. The highest BCUT2D eigenvalue weighted by Gasteiger charge is 2.48. The number of carbonyl (C=O) groups is 8. The van der Waals surface area contributed by atoms with Crippen LogP contribution in [-0.4, -0.2) is 103 Å². The highest BCUT2D eigenvalue weighted by molar-refractivity contribution is 6.32. The zero-order chi connectivity index (χ0) is 51.2. The van der Waals surface area contributed by atoms with E-state index in [1.165, 1.54) is 20.1 Å². The van der Waals surface area contributed by atoms with Gasteiger partial charge in [0.1, 0.15) is 42.1 Å². The lowest BCUT2D eigenvalue weighted by Crippen LogP contribution is -2.54. The maximum atomic E-state index is 13.9. The molecule has 19 heteroatoms. The zero-order valence-electron chi connectivity index (χ0n) is 40.9. The van der Waals surface area contributed by atoms with Crippen molar-refractivity contribution in [3.05, 3.63) is 76.3 Å². The molecule has 4 rings (SSSR count). The minimum absolute atomic E-state index is 0.00728. The van der Waals surface area contributed by atoms with E-state index in [0.29, 0.717) is 22.8 Å². The first-order valence-electron chi connectivity index (χ1n) is 23.4. The summed E-state index contributed by atoms with van der Waals surface area (Å²) >= 11 is 6.37. The zero-order valence-corrected chi connectivity index (χ0v) is 41.7. The van der Waals surface area contributed by atoms with Gasteiger partial charge in [0.05, 0.1) is 23.7 Å². The third-order valence-electron chi connectivity index (χ3n) is 12.0. The molecule has 3 unspecified atom stereocenters. The lowest BCUT2D eigenvalue weighted by atomic mass is 9.90. The first-order chi connectivity index (χ1) is 32.5. The lowest BCUT2D eigenvalue weighted by Gasteiger charge is -2.30. The number of methoxy groups -OCH3 is 1. The van der Waals surface area contributed by atoms with Crippen LogP contribution in [0.3, 0.4) is 0 Å². The number of benzene rings is 2. The molecular weight excluding hydrogens is 912 g/mol. The Morgan fingerprint density at radius 3 is 2.20 bits per heavy atom. The Labute approximate surface area is 409 Å². The van der Waals surface area contributed by atoms with Crippen LogP contribution >= 0.6 is 11.6 Å². The van der Waals surface area contributed by atoms with Crippen molar-refractivity contribution in [2.75, 3.05) is 13.7 Å². The van der Waals surface area contributed by atoms with Crippen LogP contribution in [0.4, 0.5) is 0 Å². The molecule has 2 aliphatic rings. The van der Waals surface area contributed by atoms with Gasteiger partial charge >= 0.3 is 11.9 Å². The molecule has 0 aromatic heterocycles. The monoisotopic (exact) mass is 980 g/mol. The van der Waals surface area contributed by atoms with E-state index in [1.807, 2.05) is 45.0 Å². The summed E-state index contributed by atoms with van der Waals surface area (Å²) in [6.45, 7) is 14.1. The van der Waals surface area contributed by atoms with Gasteiger partial charge in [-0.2, -0.15) is 0 Å². The Morgan fingerprint density at radius 1 is 0.899 bits per heavy atom. The van der Waals surface area contributed by atoms with E-state index in [0.717, 1.165) is 11.1 Å². The molecular formula is C50H69ClN6O12. The molecule has 7 N–H and O–H groups in total. The minimum atomic E-state index is -1.16. The summed E-state index contributed by atoms with van der Waals surface area (Å²) < 4.78 is 17.6. The molecule has 18 nitrogen and oxygen atoms in total. The number of carboxylic acids is 1. The normalized spacial score (nSPS) is 22.7. The van der Waals surface area contributed by atoms with E-state index in [2.05, 4.69) is 31.9 Å². The molecule has 0 saturated carbocycles. The smallest absolute Gasteiger partial charge is 0.328 e. The molecule has 2 aromatic rings. The Hall–Kier alpha value is -6.01. The van der Waals surface area contributed by atoms with Gasteiger partial charge in [0.15, 0.2) is 0 Å². The number of hydrogen-bond acceptors (Lipinski definition) is 11. The fourth-order valence-electron chi connectivity index (χ4n) is 7.68. The van der Waals surface area contributed by atoms with Gasteiger partial charge in [-0.3, -0.25) is 33.6 Å². The maximum Gasteiger partial charge on any atom is 0.328 e. The SMILES string of the molecule is COc1ccc(C[C@H]2NC(=O)/C=C/C[C@@H](C(C)[C@H]3O[C@@H]3c3ccc(CNC(=O)C(C)NC(=O)C(NC(=O)CCCC(=O)O)C(C)C)cc3)OC(=O)[C@H](CC(C)C)NC(=O)C(C)(C)CNC2=O)cc1Cl. The number of carbonyl (C=O) groups excluding carboxylic acids is 7. The van der Waals surface area contributed by atoms with Gasteiger partial charge in [-0.1, -0.05) is 82.6 Å². The Kier molecular flexibility index (Phi) is 20.6. The second-order valence-corrected chi connectivity index (χ2v) is 19.6. The second-order valence-electron chi connectivity index (χ2n) is 19.2. The number of hydrogen-bond donors (Lipinski definition) is 7. The van der Waals surface area contributed by atoms with E-state index in [1.54, 1.807) is 52.0 Å². The molecule has 6 amide bonds. The molecule has 378 valence electrons. The van der Waals surface area contributed by atoms with Crippen molar-refractivity contribution < 1.29 is 57.7 Å². The number of nitrogens with one attached hydrogen (secondary N) is 6. The minimum Gasteiger partial charge on any atom is -0.495 e.